The molecule has 0 unspecified atom stereocenters. The molecule has 1 saturated carbocycles. The van der Waals surface area contributed by atoms with E-state index in [2.05, 4.69) is 4.90 Å². The summed E-state index contributed by atoms with van der Waals surface area (Å²) >= 11 is 0. The number of benzene rings is 1. The predicted molar refractivity (Wildman–Crippen MR) is 133 cm³/mol. The van der Waals surface area contributed by atoms with Crippen molar-refractivity contribution >= 4 is 15.9 Å². The monoisotopic (exact) mass is 523 g/mol. The molecule has 1 saturated heterocycles. The van der Waals surface area contributed by atoms with Crippen LogP contribution in [0, 0.1) is 11.8 Å². The fourth-order valence-electron chi connectivity index (χ4n) is 4.60. The highest BCUT2D eigenvalue weighted by Gasteiger charge is 2.38. The van der Waals surface area contributed by atoms with Crippen LogP contribution in [0.15, 0.2) is 41.0 Å². The third-order valence-electron chi connectivity index (χ3n) is 7.01. The van der Waals surface area contributed by atoms with Gasteiger partial charge in [-0.05, 0) is 62.1 Å². The van der Waals surface area contributed by atoms with Crippen molar-refractivity contribution in [1.29, 1.82) is 0 Å². The van der Waals surface area contributed by atoms with E-state index in [9.17, 15) is 18.3 Å². The molecule has 36 heavy (non-hydrogen) atoms. The lowest BCUT2D eigenvalue weighted by Gasteiger charge is -2.35. The fourth-order valence-corrected chi connectivity index (χ4v) is 6.02. The number of likely N-dealkylation sites (N-methyl/N-ethyl adjacent to an activating group) is 1. The topological polar surface area (TPSA) is 109 Å². The molecule has 1 aromatic rings. The largest absolute Gasteiger partial charge is 0.497 e. The molecule has 2 atom stereocenters. The molecule has 200 valence electrons. The number of amides is 1. The van der Waals surface area contributed by atoms with Gasteiger partial charge in [-0.15, -0.1) is 0 Å². The van der Waals surface area contributed by atoms with Gasteiger partial charge in [0.2, 0.25) is 16.3 Å². The number of ether oxygens (including phenoxy) is 3. The highest BCUT2D eigenvalue weighted by molar-refractivity contribution is 7.89. The van der Waals surface area contributed by atoms with Crippen LogP contribution < -0.4 is 4.74 Å². The number of aliphatic hydroxyl groups excluding tert-OH is 1. The van der Waals surface area contributed by atoms with Crippen molar-refractivity contribution in [2.24, 2.45) is 11.8 Å². The summed E-state index contributed by atoms with van der Waals surface area (Å²) in [6, 6.07) is 6.12. The molecule has 2 aliphatic heterocycles. The Balaban J connectivity index is 1.37. The summed E-state index contributed by atoms with van der Waals surface area (Å²) in [7, 11) is -0.273. The number of carbonyl (C=O) groups is 1. The number of piperazine rings is 1. The third kappa shape index (κ3) is 6.57. The molecule has 4 rings (SSSR count). The maximum atomic E-state index is 13.1. The number of hydrogen-bond donors (Lipinski definition) is 1. The summed E-state index contributed by atoms with van der Waals surface area (Å²) in [4.78, 5) is 17.3. The van der Waals surface area contributed by atoms with Crippen molar-refractivity contribution in [2.75, 3.05) is 66.6 Å². The van der Waals surface area contributed by atoms with E-state index in [1.165, 1.54) is 23.5 Å². The molecule has 0 aromatic heterocycles. The number of rotatable bonds is 11. The summed E-state index contributed by atoms with van der Waals surface area (Å²) < 4.78 is 44.5. The average molecular weight is 524 g/mol. The molecule has 10 nitrogen and oxygen atoms in total. The first-order valence-corrected chi connectivity index (χ1v) is 14.0. The molecule has 11 heteroatoms. The lowest BCUT2D eigenvalue weighted by molar-refractivity contribution is -0.156. The number of methoxy groups -OCH3 is 1. The Hall–Kier alpha value is -2.18. The van der Waals surface area contributed by atoms with Crippen molar-refractivity contribution in [1.82, 2.24) is 14.1 Å². The van der Waals surface area contributed by atoms with E-state index in [4.69, 9.17) is 14.2 Å². The first-order valence-electron chi connectivity index (χ1n) is 12.5. The number of sulfonamides is 1. The van der Waals surface area contributed by atoms with Gasteiger partial charge in [0.15, 0.2) is 5.76 Å². The van der Waals surface area contributed by atoms with E-state index in [1.54, 1.807) is 12.1 Å². The average Bonchev–Trinajstić information content (AvgIpc) is 3.74. The van der Waals surface area contributed by atoms with Gasteiger partial charge in [-0.25, -0.2) is 8.42 Å². The van der Waals surface area contributed by atoms with Crippen molar-refractivity contribution in [2.45, 2.75) is 30.4 Å². The maximum absolute atomic E-state index is 13.1. The highest BCUT2D eigenvalue weighted by atomic mass is 32.2. The smallest absolute Gasteiger partial charge is 0.288 e. The van der Waals surface area contributed by atoms with Crippen LogP contribution in [0.4, 0.5) is 0 Å². The molecule has 1 aliphatic carbocycles. The van der Waals surface area contributed by atoms with Gasteiger partial charge < -0.3 is 29.1 Å². The standard InChI is InChI=1S/C25H37N3O7S/c1-26-9-11-27(12-10-26)25(30)23-17-20(19-3-4-19)18-24(35-23)34-16-14-28(13-15-29)36(31,32)22-7-5-21(33-2)6-8-22/h5-8,17,19-20,24,29H,3-4,9-16,18H2,1-2H3/t20-,24+/m0/s1. The van der Waals surface area contributed by atoms with Crippen LogP contribution in [-0.2, 0) is 24.3 Å². The molecule has 1 amide bonds. The summed E-state index contributed by atoms with van der Waals surface area (Å²) in [6.45, 7) is 2.74. The van der Waals surface area contributed by atoms with Gasteiger partial charge in [-0.3, -0.25) is 4.79 Å². The lowest BCUT2D eigenvalue weighted by atomic mass is 9.96. The number of hydrogen-bond acceptors (Lipinski definition) is 8. The van der Waals surface area contributed by atoms with E-state index in [0.29, 0.717) is 36.9 Å². The summed E-state index contributed by atoms with van der Waals surface area (Å²) in [6.07, 6.45) is 4.24. The van der Waals surface area contributed by atoms with Crippen LogP contribution in [0.2, 0.25) is 0 Å². The van der Waals surface area contributed by atoms with Crippen molar-refractivity contribution in [3.63, 3.8) is 0 Å². The Morgan fingerprint density at radius 2 is 1.83 bits per heavy atom. The number of allylic oxidation sites excluding steroid dienone is 1. The van der Waals surface area contributed by atoms with Gasteiger partial charge in [0.05, 0.1) is 25.2 Å². The van der Waals surface area contributed by atoms with E-state index < -0.39 is 16.3 Å². The van der Waals surface area contributed by atoms with Gasteiger partial charge in [0.25, 0.3) is 5.91 Å². The van der Waals surface area contributed by atoms with Gasteiger partial charge in [-0.2, -0.15) is 4.31 Å². The molecule has 2 heterocycles. The van der Waals surface area contributed by atoms with Gasteiger partial charge in [0, 0.05) is 45.7 Å². The normalized spacial score (nSPS) is 23.3. The van der Waals surface area contributed by atoms with Crippen LogP contribution in [0.3, 0.4) is 0 Å². The van der Waals surface area contributed by atoms with Crippen LogP contribution in [0.1, 0.15) is 19.3 Å². The molecular formula is C25H37N3O7S. The van der Waals surface area contributed by atoms with Gasteiger partial charge >= 0.3 is 0 Å². The second kappa shape index (κ2) is 11.9. The molecule has 3 aliphatic rings. The Labute approximate surface area is 213 Å². The minimum atomic E-state index is -3.83. The van der Waals surface area contributed by atoms with Crippen LogP contribution in [-0.4, -0.2) is 106 Å². The van der Waals surface area contributed by atoms with Gasteiger partial charge in [-0.1, -0.05) is 0 Å². The molecular weight excluding hydrogens is 486 g/mol. The number of aliphatic hydroxyl groups is 1. The summed E-state index contributed by atoms with van der Waals surface area (Å²) in [5, 5.41) is 9.47. The van der Waals surface area contributed by atoms with Crippen LogP contribution in [0.5, 0.6) is 5.75 Å². The zero-order chi connectivity index (χ0) is 25.7. The fraction of sp³-hybridized carbons (Fsp3) is 0.640. The third-order valence-corrected chi connectivity index (χ3v) is 8.92. The summed E-state index contributed by atoms with van der Waals surface area (Å²) in [5.41, 5.74) is 0. The maximum Gasteiger partial charge on any atom is 0.288 e. The second-order valence-electron chi connectivity index (χ2n) is 9.58. The van der Waals surface area contributed by atoms with Crippen LogP contribution in [0.25, 0.3) is 0 Å². The molecule has 2 fully saturated rings. The lowest BCUT2D eigenvalue weighted by Crippen LogP contribution is -2.48. The van der Waals surface area contributed by atoms with Crippen molar-refractivity contribution in [3.8, 4) is 5.75 Å². The number of carbonyl (C=O) groups excluding carboxylic acids is 1. The van der Waals surface area contributed by atoms with E-state index in [0.717, 1.165) is 25.9 Å². The molecule has 0 bridgehead atoms. The molecule has 1 N–H and O–H groups in total. The predicted octanol–water partition coefficient (Wildman–Crippen LogP) is 1.13. The van der Waals surface area contributed by atoms with E-state index >= 15 is 0 Å². The Bertz CT molecular complexity index is 1020. The Kier molecular flexibility index (Phi) is 8.89. The van der Waals surface area contributed by atoms with Crippen LogP contribution >= 0.6 is 0 Å². The number of nitrogens with zero attached hydrogens (tertiary/aromatic N) is 3. The highest BCUT2D eigenvalue weighted by Crippen LogP contribution is 2.43. The molecule has 0 radical (unpaired) electrons. The summed E-state index contributed by atoms with van der Waals surface area (Å²) in [5.74, 6) is 1.54. The minimum absolute atomic E-state index is 0.0499. The first-order chi connectivity index (χ1) is 17.3. The zero-order valence-electron chi connectivity index (χ0n) is 21.0. The minimum Gasteiger partial charge on any atom is -0.497 e. The second-order valence-corrected chi connectivity index (χ2v) is 11.5. The quantitative estimate of drug-likeness (QED) is 0.460. The SMILES string of the molecule is COc1ccc(S(=O)(=O)N(CCO)CCO[C@H]2C[C@@H](C3CC3)C=C(C(=O)N3CCN(C)CC3)O2)cc1. The zero-order valence-corrected chi connectivity index (χ0v) is 21.9. The Morgan fingerprint density at radius 1 is 1.14 bits per heavy atom. The molecule has 0 spiro atoms. The van der Waals surface area contributed by atoms with E-state index in [1.807, 2.05) is 18.0 Å². The van der Waals surface area contributed by atoms with Crippen molar-refractivity contribution < 1.29 is 32.5 Å². The molecule has 1 aromatic carbocycles. The Morgan fingerprint density at radius 3 is 2.44 bits per heavy atom. The first kappa shape index (κ1) is 26.9. The van der Waals surface area contributed by atoms with Gasteiger partial charge in [0.1, 0.15) is 5.75 Å². The van der Waals surface area contributed by atoms with Crippen molar-refractivity contribution in [3.05, 3.63) is 36.1 Å². The van der Waals surface area contributed by atoms with E-state index in [-0.39, 0.29) is 43.0 Å².